The summed E-state index contributed by atoms with van der Waals surface area (Å²) in [6.45, 7) is 2.00. The molecule has 0 radical (unpaired) electrons. The van der Waals surface area contributed by atoms with Crippen molar-refractivity contribution in [1.29, 1.82) is 0 Å². The summed E-state index contributed by atoms with van der Waals surface area (Å²) >= 11 is 0. The standard InChI is InChI=1S/C13H12O2/c1-10-4-6-11(7-5-10)13(14)9-12-3-2-8-15-12/h2-8H,9H2,1H3. The predicted octanol–water partition coefficient (Wildman–Crippen LogP) is 3.01. The average molecular weight is 200 g/mol. The zero-order valence-electron chi connectivity index (χ0n) is 8.57. The van der Waals surface area contributed by atoms with Gasteiger partial charge in [0.05, 0.1) is 12.7 Å². The number of carbonyl (C=O) groups is 1. The van der Waals surface area contributed by atoms with E-state index in [0.29, 0.717) is 12.2 Å². The van der Waals surface area contributed by atoms with Crippen molar-refractivity contribution in [2.75, 3.05) is 0 Å². The molecule has 15 heavy (non-hydrogen) atoms. The van der Waals surface area contributed by atoms with Gasteiger partial charge in [0.15, 0.2) is 5.78 Å². The highest BCUT2D eigenvalue weighted by Gasteiger charge is 2.07. The summed E-state index contributed by atoms with van der Waals surface area (Å²) in [7, 11) is 0. The Morgan fingerprint density at radius 1 is 1.20 bits per heavy atom. The first-order valence-corrected chi connectivity index (χ1v) is 4.88. The molecule has 2 heteroatoms. The first-order valence-electron chi connectivity index (χ1n) is 4.88. The molecular weight excluding hydrogens is 188 g/mol. The maximum Gasteiger partial charge on any atom is 0.170 e. The number of aryl methyl sites for hydroxylation is 1. The van der Waals surface area contributed by atoms with Gasteiger partial charge in [-0.15, -0.1) is 0 Å². The molecule has 0 spiro atoms. The Hall–Kier alpha value is -1.83. The Morgan fingerprint density at radius 3 is 2.53 bits per heavy atom. The van der Waals surface area contributed by atoms with Gasteiger partial charge in [-0.2, -0.15) is 0 Å². The second-order valence-electron chi connectivity index (χ2n) is 3.55. The van der Waals surface area contributed by atoms with Gasteiger partial charge in [0.25, 0.3) is 0 Å². The number of hydrogen-bond acceptors (Lipinski definition) is 2. The third-order valence-corrected chi connectivity index (χ3v) is 2.29. The molecular formula is C13H12O2. The molecule has 1 aromatic carbocycles. The smallest absolute Gasteiger partial charge is 0.170 e. The number of benzene rings is 1. The van der Waals surface area contributed by atoms with Gasteiger partial charge < -0.3 is 4.42 Å². The van der Waals surface area contributed by atoms with Crippen LogP contribution < -0.4 is 0 Å². The highest BCUT2D eigenvalue weighted by atomic mass is 16.3. The lowest BCUT2D eigenvalue weighted by atomic mass is 10.1. The van der Waals surface area contributed by atoms with Crippen LogP contribution in [0.2, 0.25) is 0 Å². The van der Waals surface area contributed by atoms with Crippen molar-refractivity contribution in [3.05, 3.63) is 59.5 Å². The fourth-order valence-corrected chi connectivity index (χ4v) is 1.41. The molecule has 2 aromatic rings. The molecule has 1 heterocycles. The van der Waals surface area contributed by atoms with E-state index in [1.165, 1.54) is 0 Å². The van der Waals surface area contributed by atoms with E-state index in [4.69, 9.17) is 4.42 Å². The Bertz CT molecular complexity index is 438. The SMILES string of the molecule is Cc1ccc(C(=O)Cc2ccco2)cc1. The van der Waals surface area contributed by atoms with Gasteiger partial charge in [-0.3, -0.25) is 4.79 Å². The molecule has 0 N–H and O–H groups in total. The first-order chi connectivity index (χ1) is 7.25. The lowest BCUT2D eigenvalue weighted by Gasteiger charge is -1.99. The normalized spacial score (nSPS) is 10.2. The largest absolute Gasteiger partial charge is 0.469 e. The van der Waals surface area contributed by atoms with Crippen LogP contribution >= 0.6 is 0 Å². The molecule has 0 atom stereocenters. The summed E-state index contributed by atoms with van der Waals surface area (Å²) in [6, 6.07) is 11.2. The summed E-state index contributed by atoms with van der Waals surface area (Å²) in [5.74, 6) is 0.797. The number of Topliss-reactive ketones (excluding diaryl/α,β-unsaturated/α-hetero) is 1. The van der Waals surface area contributed by atoms with Gasteiger partial charge in [-0.1, -0.05) is 29.8 Å². The van der Waals surface area contributed by atoms with Crippen LogP contribution in [0.1, 0.15) is 21.7 Å². The van der Waals surface area contributed by atoms with Crippen molar-refractivity contribution in [2.45, 2.75) is 13.3 Å². The second kappa shape index (κ2) is 4.13. The number of furan rings is 1. The molecule has 76 valence electrons. The maximum absolute atomic E-state index is 11.8. The average Bonchev–Trinajstić information content (AvgIpc) is 2.71. The highest BCUT2D eigenvalue weighted by Crippen LogP contribution is 2.09. The molecule has 0 aliphatic heterocycles. The molecule has 0 saturated carbocycles. The topological polar surface area (TPSA) is 30.2 Å². The van der Waals surface area contributed by atoms with E-state index in [0.717, 1.165) is 11.1 Å². The Balaban J connectivity index is 2.11. The Morgan fingerprint density at radius 2 is 1.93 bits per heavy atom. The third kappa shape index (κ3) is 2.34. The minimum Gasteiger partial charge on any atom is -0.469 e. The fourth-order valence-electron chi connectivity index (χ4n) is 1.41. The quantitative estimate of drug-likeness (QED) is 0.713. The zero-order chi connectivity index (χ0) is 10.7. The molecule has 2 nitrogen and oxygen atoms in total. The van der Waals surface area contributed by atoms with Gasteiger partial charge in [0.1, 0.15) is 5.76 Å². The number of rotatable bonds is 3. The molecule has 0 amide bonds. The molecule has 0 aliphatic carbocycles. The Labute approximate surface area is 88.5 Å². The van der Waals surface area contributed by atoms with Gasteiger partial charge in [-0.05, 0) is 19.1 Å². The summed E-state index contributed by atoms with van der Waals surface area (Å²) < 4.78 is 5.13. The van der Waals surface area contributed by atoms with Crippen LogP contribution in [0.4, 0.5) is 0 Å². The summed E-state index contributed by atoms with van der Waals surface area (Å²) in [5, 5.41) is 0. The van der Waals surface area contributed by atoms with E-state index in [2.05, 4.69) is 0 Å². The second-order valence-corrected chi connectivity index (χ2v) is 3.55. The summed E-state index contributed by atoms with van der Waals surface area (Å²) in [4.78, 5) is 11.8. The van der Waals surface area contributed by atoms with E-state index >= 15 is 0 Å². The minimum atomic E-state index is 0.0879. The van der Waals surface area contributed by atoms with Crippen LogP contribution in [0.25, 0.3) is 0 Å². The van der Waals surface area contributed by atoms with Crippen molar-refractivity contribution in [2.24, 2.45) is 0 Å². The Kier molecular flexibility index (Phi) is 2.68. The van der Waals surface area contributed by atoms with Gasteiger partial charge >= 0.3 is 0 Å². The predicted molar refractivity (Wildman–Crippen MR) is 57.9 cm³/mol. The van der Waals surface area contributed by atoms with Crippen LogP contribution in [-0.2, 0) is 6.42 Å². The van der Waals surface area contributed by atoms with Gasteiger partial charge in [0, 0.05) is 5.56 Å². The van der Waals surface area contributed by atoms with Crippen LogP contribution in [0.5, 0.6) is 0 Å². The number of carbonyl (C=O) groups excluding carboxylic acids is 1. The monoisotopic (exact) mass is 200 g/mol. The summed E-state index contributed by atoms with van der Waals surface area (Å²) in [5.41, 5.74) is 1.89. The fraction of sp³-hybridized carbons (Fsp3) is 0.154. The molecule has 0 aliphatic rings. The minimum absolute atomic E-state index is 0.0879. The van der Waals surface area contributed by atoms with Crippen molar-refractivity contribution >= 4 is 5.78 Å². The van der Waals surface area contributed by atoms with E-state index in [-0.39, 0.29) is 5.78 Å². The van der Waals surface area contributed by atoms with Crippen LogP contribution in [0.3, 0.4) is 0 Å². The molecule has 0 saturated heterocycles. The summed E-state index contributed by atoms with van der Waals surface area (Å²) in [6.07, 6.45) is 1.91. The zero-order valence-corrected chi connectivity index (χ0v) is 8.57. The van der Waals surface area contributed by atoms with E-state index in [9.17, 15) is 4.79 Å². The van der Waals surface area contributed by atoms with E-state index in [1.807, 2.05) is 37.3 Å². The molecule has 0 fully saturated rings. The van der Waals surface area contributed by atoms with Gasteiger partial charge in [0.2, 0.25) is 0 Å². The lowest BCUT2D eigenvalue weighted by molar-refractivity contribution is 0.0987. The van der Waals surface area contributed by atoms with E-state index in [1.54, 1.807) is 12.3 Å². The molecule has 0 unspecified atom stereocenters. The van der Waals surface area contributed by atoms with E-state index < -0.39 is 0 Å². The lowest BCUT2D eigenvalue weighted by Crippen LogP contribution is -2.02. The molecule has 2 rings (SSSR count). The van der Waals surface area contributed by atoms with Crippen molar-refractivity contribution in [3.8, 4) is 0 Å². The van der Waals surface area contributed by atoms with Gasteiger partial charge in [-0.25, -0.2) is 0 Å². The molecule has 0 bridgehead atoms. The van der Waals surface area contributed by atoms with Crippen molar-refractivity contribution in [3.63, 3.8) is 0 Å². The first kappa shape index (κ1) is 9.71. The third-order valence-electron chi connectivity index (χ3n) is 2.29. The van der Waals surface area contributed by atoms with Crippen molar-refractivity contribution < 1.29 is 9.21 Å². The maximum atomic E-state index is 11.8. The van der Waals surface area contributed by atoms with Crippen LogP contribution in [0, 0.1) is 6.92 Å². The highest BCUT2D eigenvalue weighted by molar-refractivity contribution is 5.97. The van der Waals surface area contributed by atoms with Crippen molar-refractivity contribution in [1.82, 2.24) is 0 Å². The number of hydrogen-bond donors (Lipinski definition) is 0. The number of ketones is 1. The van der Waals surface area contributed by atoms with Crippen LogP contribution in [-0.4, -0.2) is 5.78 Å². The van der Waals surface area contributed by atoms with Crippen LogP contribution in [0.15, 0.2) is 47.1 Å². The molecule has 1 aromatic heterocycles.